The van der Waals surface area contributed by atoms with Crippen molar-refractivity contribution < 1.29 is 0 Å². The minimum atomic E-state index is 0.612. The normalized spacial score (nSPS) is 19.3. The Balaban J connectivity index is 1.75. The highest BCUT2D eigenvalue weighted by atomic mass is 15.3. The Morgan fingerprint density at radius 2 is 1.68 bits per heavy atom. The lowest BCUT2D eigenvalue weighted by molar-refractivity contribution is 0.119. The van der Waals surface area contributed by atoms with Crippen LogP contribution in [-0.2, 0) is 6.54 Å². The van der Waals surface area contributed by atoms with Crippen LogP contribution in [0.5, 0.6) is 0 Å². The van der Waals surface area contributed by atoms with E-state index in [-0.39, 0.29) is 0 Å². The average molecular weight is 258 g/mol. The second kappa shape index (κ2) is 6.88. The molecule has 0 saturated carbocycles. The molecule has 104 valence electrons. The predicted octanol–water partition coefficient (Wildman–Crippen LogP) is 3.02. The molecule has 1 aliphatic rings. The van der Waals surface area contributed by atoms with Crippen molar-refractivity contribution in [3.63, 3.8) is 0 Å². The van der Waals surface area contributed by atoms with Gasteiger partial charge in [-0.25, -0.2) is 0 Å². The van der Waals surface area contributed by atoms with Gasteiger partial charge >= 0.3 is 0 Å². The van der Waals surface area contributed by atoms with Crippen molar-refractivity contribution in [3.8, 4) is 0 Å². The monoisotopic (exact) mass is 258 g/mol. The molecule has 0 bridgehead atoms. The van der Waals surface area contributed by atoms with Gasteiger partial charge in [-0.1, -0.05) is 49.4 Å². The molecule has 19 heavy (non-hydrogen) atoms. The quantitative estimate of drug-likeness (QED) is 0.749. The molecule has 1 aromatic rings. The summed E-state index contributed by atoms with van der Waals surface area (Å²) in [5.41, 5.74) is 2.72. The minimum absolute atomic E-state index is 0.612. The van der Waals surface area contributed by atoms with Gasteiger partial charge in [0.25, 0.3) is 0 Å². The smallest absolute Gasteiger partial charge is 0.0234 e. The second-order valence-electron chi connectivity index (χ2n) is 5.81. The molecule has 1 aliphatic heterocycles. The van der Waals surface area contributed by atoms with Crippen molar-refractivity contribution in [2.75, 3.05) is 32.7 Å². The zero-order chi connectivity index (χ0) is 13.7. The summed E-state index contributed by atoms with van der Waals surface area (Å²) in [6.45, 7) is 15.4. The minimum Gasteiger partial charge on any atom is -0.300 e. The van der Waals surface area contributed by atoms with Gasteiger partial charge in [0, 0.05) is 39.3 Å². The van der Waals surface area contributed by atoms with Crippen LogP contribution >= 0.6 is 0 Å². The van der Waals surface area contributed by atoms with E-state index in [4.69, 9.17) is 0 Å². The zero-order valence-corrected chi connectivity index (χ0v) is 12.3. The number of rotatable bonds is 5. The van der Waals surface area contributed by atoms with E-state index in [9.17, 15) is 0 Å². The van der Waals surface area contributed by atoms with Crippen molar-refractivity contribution >= 4 is 0 Å². The summed E-state index contributed by atoms with van der Waals surface area (Å²) in [6, 6.07) is 10.8. The van der Waals surface area contributed by atoms with E-state index in [1.165, 1.54) is 37.3 Å². The summed E-state index contributed by atoms with van der Waals surface area (Å²) < 4.78 is 0. The fraction of sp³-hybridized carbons (Fsp3) is 0.529. The summed E-state index contributed by atoms with van der Waals surface area (Å²) >= 11 is 0. The SMILES string of the molecule is C=C(C)C(C)CN1CCN(Cc2ccccc2)CC1. The lowest BCUT2D eigenvalue weighted by atomic mass is 10.0. The first-order valence-corrected chi connectivity index (χ1v) is 7.29. The van der Waals surface area contributed by atoms with Crippen LogP contribution in [0.3, 0.4) is 0 Å². The Hall–Kier alpha value is -1.12. The summed E-state index contributed by atoms with van der Waals surface area (Å²) in [5.74, 6) is 0.612. The Morgan fingerprint density at radius 1 is 1.11 bits per heavy atom. The first-order valence-electron chi connectivity index (χ1n) is 7.29. The molecule has 0 aromatic heterocycles. The van der Waals surface area contributed by atoms with Gasteiger partial charge in [-0.05, 0) is 18.4 Å². The van der Waals surface area contributed by atoms with Gasteiger partial charge in [-0.2, -0.15) is 0 Å². The summed E-state index contributed by atoms with van der Waals surface area (Å²) in [5, 5.41) is 0. The van der Waals surface area contributed by atoms with Gasteiger partial charge in [0.15, 0.2) is 0 Å². The second-order valence-corrected chi connectivity index (χ2v) is 5.81. The van der Waals surface area contributed by atoms with Crippen LogP contribution in [0.2, 0.25) is 0 Å². The predicted molar refractivity (Wildman–Crippen MR) is 82.1 cm³/mol. The van der Waals surface area contributed by atoms with Crippen molar-refractivity contribution in [3.05, 3.63) is 48.0 Å². The molecule has 0 radical (unpaired) electrons. The van der Waals surface area contributed by atoms with Gasteiger partial charge in [0.1, 0.15) is 0 Å². The molecule has 1 fully saturated rings. The molecule has 1 saturated heterocycles. The lowest BCUT2D eigenvalue weighted by Gasteiger charge is -2.36. The standard InChI is InChI=1S/C17H26N2/c1-15(2)16(3)13-18-9-11-19(12-10-18)14-17-7-5-4-6-8-17/h4-8,16H,1,9-14H2,2-3H3. The largest absolute Gasteiger partial charge is 0.300 e. The number of hydrogen-bond acceptors (Lipinski definition) is 2. The van der Waals surface area contributed by atoms with Crippen LogP contribution in [0.15, 0.2) is 42.5 Å². The molecule has 1 atom stereocenters. The molecular formula is C17H26N2. The summed E-state index contributed by atoms with van der Waals surface area (Å²) in [4.78, 5) is 5.12. The van der Waals surface area contributed by atoms with Gasteiger partial charge in [-0.15, -0.1) is 0 Å². The van der Waals surface area contributed by atoms with Gasteiger partial charge in [0.2, 0.25) is 0 Å². The first-order chi connectivity index (χ1) is 9.15. The van der Waals surface area contributed by atoms with Crippen molar-refractivity contribution in [1.29, 1.82) is 0 Å². The molecular weight excluding hydrogens is 232 g/mol. The van der Waals surface area contributed by atoms with Gasteiger partial charge in [0.05, 0.1) is 0 Å². The molecule has 1 unspecified atom stereocenters. The third kappa shape index (κ3) is 4.48. The molecule has 0 aliphatic carbocycles. The third-order valence-electron chi connectivity index (χ3n) is 4.09. The maximum Gasteiger partial charge on any atom is 0.0234 e. The highest BCUT2D eigenvalue weighted by molar-refractivity contribution is 5.14. The first kappa shape index (κ1) is 14.3. The highest BCUT2D eigenvalue weighted by Crippen LogP contribution is 2.13. The summed E-state index contributed by atoms with van der Waals surface area (Å²) in [7, 11) is 0. The molecule has 0 spiro atoms. The Labute approximate surface area is 117 Å². The van der Waals surface area contributed by atoms with Gasteiger partial charge < -0.3 is 4.90 Å². The highest BCUT2D eigenvalue weighted by Gasteiger charge is 2.18. The zero-order valence-electron chi connectivity index (χ0n) is 12.3. The van der Waals surface area contributed by atoms with Crippen LogP contribution in [0.1, 0.15) is 19.4 Å². The lowest BCUT2D eigenvalue weighted by Crippen LogP contribution is -2.47. The number of piperazine rings is 1. The van der Waals surface area contributed by atoms with Gasteiger partial charge in [-0.3, -0.25) is 4.90 Å². The van der Waals surface area contributed by atoms with Crippen LogP contribution in [0, 0.1) is 5.92 Å². The van der Waals surface area contributed by atoms with E-state index >= 15 is 0 Å². The fourth-order valence-corrected chi connectivity index (χ4v) is 2.51. The maximum atomic E-state index is 4.05. The van der Waals surface area contributed by atoms with E-state index in [1.807, 2.05) is 0 Å². The van der Waals surface area contributed by atoms with Crippen LogP contribution in [0.4, 0.5) is 0 Å². The Kier molecular flexibility index (Phi) is 5.17. The number of hydrogen-bond donors (Lipinski definition) is 0. The van der Waals surface area contributed by atoms with Crippen molar-refractivity contribution in [2.45, 2.75) is 20.4 Å². The molecule has 2 rings (SSSR count). The van der Waals surface area contributed by atoms with Crippen LogP contribution in [-0.4, -0.2) is 42.5 Å². The van der Waals surface area contributed by atoms with E-state index in [0.29, 0.717) is 5.92 Å². The average Bonchev–Trinajstić information content (AvgIpc) is 2.42. The molecule has 2 heteroatoms. The van der Waals surface area contributed by atoms with Crippen LogP contribution < -0.4 is 0 Å². The van der Waals surface area contributed by atoms with Crippen molar-refractivity contribution in [2.24, 2.45) is 5.92 Å². The molecule has 1 heterocycles. The number of nitrogens with zero attached hydrogens (tertiary/aromatic N) is 2. The summed E-state index contributed by atoms with van der Waals surface area (Å²) in [6.07, 6.45) is 0. The van der Waals surface area contributed by atoms with E-state index < -0.39 is 0 Å². The van der Waals surface area contributed by atoms with Crippen LogP contribution in [0.25, 0.3) is 0 Å². The third-order valence-corrected chi connectivity index (χ3v) is 4.09. The van der Waals surface area contributed by atoms with E-state index in [0.717, 1.165) is 13.1 Å². The Morgan fingerprint density at radius 3 is 2.26 bits per heavy atom. The van der Waals surface area contributed by atoms with Crippen molar-refractivity contribution in [1.82, 2.24) is 9.80 Å². The molecule has 0 N–H and O–H groups in total. The van der Waals surface area contributed by atoms with E-state index in [2.05, 4.69) is 60.6 Å². The maximum absolute atomic E-state index is 4.05. The fourth-order valence-electron chi connectivity index (χ4n) is 2.51. The topological polar surface area (TPSA) is 6.48 Å². The molecule has 0 amide bonds. The van der Waals surface area contributed by atoms with E-state index in [1.54, 1.807) is 0 Å². The molecule has 1 aromatic carbocycles. The Bertz CT molecular complexity index is 391. The molecule has 2 nitrogen and oxygen atoms in total. The number of benzene rings is 1.